The summed E-state index contributed by atoms with van der Waals surface area (Å²) in [5.74, 6) is -0.115. The molecule has 0 amide bonds. The van der Waals surface area contributed by atoms with Gasteiger partial charge in [-0.05, 0) is 66.3 Å². The highest BCUT2D eigenvalue weighted by molar-refractivity contribution is 5.85. The van der Waals surface area contributed by atoms with Crippen molar-refractivity contribution in [1.29, 1.82) is 0 Å². The summed E-state index contributed by atoms with van der Waals surface area (Å²) in [5, 5.41) is 16.6. The van der Waals surface area contributed by atoms with Gasteiger partial charge in [-0.1, -0.05) is 84.9 Å². The number of aliphatic hydroxyl groups excluding tert-OH is 1. The van der Waals surface area contributed by atoms with Crippen molar-refractivity contribution in [3.05, 3.63) is 114 Å². The van der Waals surface area contributed by atoms with E-state index >= 15 is 0 Å². The molecule has 0 aliphatic rings. The molecular weight excluding hydrogens is 510 g/mol. The van der Waals surface area contributed by atoms with Crippen molar-refractivity contribution in [1.82, 2.24) is 5.32 Å². The molecule has 0 heterocycles. The quantitative estimate of drug-likeness (QED) is 0.209. The number of aliphatic hydroxyl groups is 1. The Labute approximate surface area is 237 Å². The first kappa shape index (κ1) is 30.2. The molecular formula is C33H38ClNO4. The van der Waals surface area contributed by atoms with Gasteiger partial charge in [-0.2, -0.15) is 0 Å². The molecule has 0 bridgehead atoms. The number of carbonyl (C=O) groups is 1. The number of hydrogen-bond donors (Lipinski definition) is 2. The van der Waals surface area contributed by atoms with E-state index in [0.717, 1.165) is 17.5 Å². The third kappa shape index (κ3) is 8.82. The van der Waals surface area contributed by atoms with Crippen LogP contribution in [0.15, 0.2) is 97.1 Å². The summed E-state index contributed by atoms with van der Waals surface area (Å²) in [5.41, 5.74) is 2.93. The van der Waals surface area contributed by atoms with E-state index < -0.39 is 12.0 Å². The molecule has 0 saturated heterocycles. The van der Waals surface area contributed by atoms with Gasteiger partial charge in [0.2, 0.25) is 0 Å². The molecule has 4 aromatic rings. The van der Waals surface area contributed by atoms with Crippen molar-refractivity contribution in [3.8, 4) is 5.75 Å². The number of benzene rings is 4. The van der Waals surface area contributed by atoms with Crippen molar-refractivity contribution >= 4 is 29.1 Å². The van der Waals surface area contributed by atoms with Crippen molar-refractivity contribution in [2.45, 2.75) is 44.2 Å². The SMILES string of the molecule is COC(=O)[C@H](Cc1ccccc1)c1cccc(OC[C@H](O)CNC(C)(C)Cc2ccc3ccccc3c2)c1.Cl. The summed E-state index contributed by atoms with van der Waals surface area (Å²) in [7, 11) is 1.41. The number of esters is 1. The zero-order chi connectivity index (χ0) is 27.0. The molecule has 0 unspecified atom stereocenters. The predicted octanol–water partition coefficient (Wildman–Crippen LogP) is 6.11. The lowest BCUT2D eigenvalue weighted by Gasteiger charge is -2.28. The Balaban J connectivity index is 0.00000420. The average Bonchev–Trinajstić information content (AvgIpc) is 2.94. The van der Waals surface area contributed by atoms with Crippen molar-refractivity contribution in [2.24, 2.45) is 0 Å². The second-order valence-corrected chi connectivity index (χ2v) is 10.4. The van der Waals surface area contributed by atoms with Crippen LogP contribution in [0.3, 0.4) is 0 Å². The average molecular weight is 548 g/mol. The summed E-state index contributed by atoms with van der Waals surface area (Å²) in [6, 6.07) is 32.2. The van der Waals surface area contributed by atoms with Crippen LogP contribution in [0.5, 0.6) is 5.75 Å². The molecule has 0 radical (unpaired) electrons. The molecule has 206 valence electrons. The van der Waals surface area contributed by atoms with Gasteiger partial charge in [-0.3, -0.25) is 4.79 Å². The minimum Gasteiger partial charge on any atom is -0.491 e. The van der Waals surface area contributed by atoms with Crippen LogP contribution in [0.25, 0.3) is 10.8 Å². The van der Waals surface area contributed by atoms with Crippen LogP contribution in [0, 0.1) is 0 Å². The summed E-state index contributed by atoms with van der Waals surface area (Å²) in [6.07, 6.45) is 0.690. The largest absolute Gasteiger partial charge is 0.491 e. The second kappa shape index (κ2) is 14.1. The molecule has 39 heavy (non-hydrogen) atoms. The normalized spacial score (nSPS) is 12.8. The molecule has 2 atom stereocenters. The van der Waals surface area contributed by atoms with E-state index in [1.807, 2.05) is 54.6 Å². The molecule has 4 aromatic carbocycles. The van der Waals surface area contributed by atoms with Gasteiger partial charge in [-0.15, -0.1) is 12.4 Å². The first-order valence-electron chi connectivity index (χ1n) is 13.1. The molecule has 2 N–H and O–H groups in total. The molecule has 0 aliphatic carbocycles. The molecule has 0 aliphatic heterocycles. The number of nitrogens with one attached hydrogen (secondary N) is 1. The van der Waals surface area contributed by atoms with E-state index in [0.29, 0.717) is 18.7 Å². The van der Waals surface area contributed by atoms with Gasteiger partial charge in [0.05, 0.1) is 13.0 Å². The number of methoxy groups -OCH3 is 1. The monoisotopic (exact) mass is 547 g/mol. The Morgan fingerprint density at radius 3 is 2.33 bits per heavy atom. The number of halogens is 1. The minimum absolute atomic E-state index is 0. The standard InChI is InChI=1S/C33H37NO4.ClH/c1-33(2,21-25-16-17-26-12-7-8-13-27(26)18-25)34-22-29(35)23-38-30-15-9-14-28(20-30)31(32(36)37-3)19-24-10-5-4-6-11-24;/h4-18,20,29,31,34-35H,19,21-23H2,1-3H3;1H/t29-,31-;/m1./s1. The number of ether oxygens (including phenoxy) is 2. The Morgan fingerprint density at radius 1 is 0.872 bits per heavy atom. The summed E-state index contributed by atoms with van der Waals surface area (Å²) < 4.78 is 11.0. The Kier molecular flexibility index (Phi) is 10.9. The summed E-state index contributed by atoms with van der Waals surface area (Å²) in [4.78, 5) is 12.6. The van der Waals surface area contributed by atoms with Gasteiger partial charge in [0.25, 0.3) is 0 Å². The highest BCUT2D eigenvalue weighted by Gasteiger charge is 2.23. The van der Waals surface area contributed by atoms with Crippen molar-refractivity contribution in [3.63, 3.8) is 0 Å². The third-order valence-corrected chi connectivity index (χ3v) is 6.75. The molecule has 4 rings (SSSR count). The molecule has 5 nitrogen and oxygen atoms in total. The fourth-order valence-electron chi connectivity index (χ4n) is 4.72. The first-order chi connectivity index (χ1) is 18.3. The van der Waals surface area contributed by atoms with Gasteiger partial charge < -0.3 is 19.9 Å². The van der Waals surface area contributed by atoms with E-state index in [4.69, 9.17) is 9.47 Å². The maximum atomic E-state index is 12.6. The van der Waals surface area contributed by atoms with Crippen LogP contribution in [-0.2, 0) is 22.4 Å². The number of hydrogen-bond acceptors (Lipinski definition) is 5. The summed E-state index contributed by atoms with van der Waals surface area (Å²) in [6.45, 7) is 4.82. The van der Waals surface area contributed by atoms with Crippen LogP contribution < -0.4 is 10.1 Å². The van der Waals surface area contributed by atoms with Gasteiger partial charge in [0.1, 0.15) is 18.5 Å². The Hall–Kier alpha value is -3.38. The third-order valence-electron chi connectivity index (χ3n) is 6.75. The first-order valence-corrected chi connectivity index (χ1v) is 13.1. The molecule has 6 heteroatoms. The van der Waals surface area contributed by atoms with E-state index in [-0.39, 0.29) is 30.5 Å². The fraction of sp³-hybridized carbons (Fsp3) is 0.303. The van der Waals surface area contributed by atoms with Gasteiger partial charge in [0, 0.05) is 12.1 Å². The maximum absolute atomic E-state index is 12.6. The molecule has 0 fully saturated rings. The van der Waals surface area contributed by atoms with Gasteiger partial charge in [-0.25, -0.2) is 0 Å². The zero-order valence-electron chi connectivity index (χ0n) is 22.8. The van der Waals surface area contributed by atoms with E-state index in [1.165, 1.54) is 23.4 Å². The van der Waals surface area contributed by atoms with E-state index in [9.17, 15) is 9.90 Å². The van der Waals surface area contributed by atoms with Gasteiger partial charge >= 0.3 is 5.97 Å². The Bertz CT molecular complexity index is 1340. The number of carbonyl (C=O) groups excluding carboxylic acids is 1. The summed E-state index contributed by atoms with van der Waals surface area (Å²) >= 11 is 0. The van der Waals surface area contributed by atoms with Crippen LogP contribution in [0.2, 0.25) is 0 Å². The van der Waals surface area contributed by atoms with E-state index in [2.05, 4.69) is 61.6 Å². The fourth-order valence-corrected chi connectivity index (χ4v) is 4.72. The van der Waals surface area contributed by atoms with Crippen LogP contribution in [0.4, 0.5) is 0 Å². The lowest BCUT2D eigenvalue weighted by Crippen LogP contribution is -2.46. The smallest absolute Gasteiger partial charge is 0.313 e. The molecule has 0 spiro atoms. The minimum atomic E-state index is -0.685. The van der Waals surface area contributed by atoms with Crippen LogP contribution in [0.1, 0.15) is 36.5 Å². The molecule has 0 saturated carbocycles. The lowest BCUT2D eigenvalue weighted by molar-refractivity contribution is -0.142. The van der Waals surface area contributed by atoms with Crippen LogP contribution >= 0.6 is 12.4 Å². The number of fused-ring (bicyclic) bond motifs is 1. The van der Waals surface area contributed by atoms with E-state index in [1.54, 1.807) is 0 Å². The van der Waals surface area contributed by atoms with Crippen LogP contribution in [-0.4, -0.2) is 43.0 Å². The molecule has 0 aromatic heterocycles. The van der Waals surface area contributed by atoms with Crippen molar-refractivity contribution in [2.75, 3.05) is 20.3 Å². The predicted molar refractivity (Wildman–Crippen MR) is 160 cm³/mol. The van der Waals surface area contributed by atoms with Crippen molar-refractivity contribution < 1.29 is 19.4 Å². The highest BCUT2D eigenvalue weighted by Crippen LogP contribution is 2.26. The van der Waals surface area contributed by atoms with Gasteiger partial charge in [0.15, 0.2) is 0 Å². The topological polar surface area (TPSA) is 67.8 Å². The maximum Gasteiger partial charge on any atom is 0.313 e. The number of rotatable bonds is 12. The zero-order valence-corrected chi connectivity index (χ0v) is 23.6. The second-order valence-electron chi connectivity index (χ2n) is 10.4. The Morgan fingerprint density at radius 2 is 1.59 bits per heavy atom. The highest BCUT2D eigenvalue weighted by atomic mass is 35.5. The number of β-amino-alcohol motifs (C(OH)–C–C–N with tert-alkyl or cyclic N) is 1. The lowest BCUT2D eigenvalue weighted by atomic mass is 9.92.